The predicted octanol–water partition coefficient (Wildman–Crippen LogP) is 1.03. The summed E-state index contributed by atoms with van der Waals surface area (Å²) in [6.07, 6.45) is -2.07. The Balaban J connectivity index is 1.66. The summed E-state index contributed by atoms with van der Waals surface area (Å²) in [6.45, 7) is 0. The van der Waals surface area contributed by atoms with Gasteiger partial charge in [0, 0.05) is 25.0 Å². The van der Waals surface area contributed by atoms with Crippen molar-refractivity contribution in [1.82, 2.24) is 0 Å². The molecule has 1 fully saturated rings. The third-order valence-electron chi connectivity index (χ3n) is 5.60. The van der Waals surface area contributed by atoms with Crippen molar-refractivity contribution in [1.29, 1.82) is 0 Å². The van der Waals surface area contributed by atoms with E-state index in [2.05, 4.69) is 0 Å². The molecule has 0 saturated heterocycles. The molecule has 0 spiro atoms. The van der Waals surface area contributed by atoms with Crippen molar-refractivity contribution in [3.8, 4) is 23.0 Å². The number of rotatable bonds is 7. The van der Waals surface area contributed by atoms with Gasteiger partial charge in [0.1, 0.15) is 0 Å². The van der Waals surface area contributed by atoms with Gasteiger partial charge in [-0.05, 0) is 47.5 Å². The van der Waals surface area contributed by atoms with Crippen molar-refractivity contribution >= 4 is 30.1 Å². The molecule has 2 aromatic rings. The maximum atomic E-state index is 12.3. The molecule has 37 heavy (non-hydrogen) atoms. The van der Waals surface area contributed by atoms with Gasteiger partial charge in [-0.2, -0.15) is 0 Å². The SMILES string of the molecule is O=C(C=Cc1ccc(O)c(O)c1)OC1[C@@H](O)CC(OC(=O)C=Cc2ccc(O)c(O)c2)(C(=O)O)C[C@@H]1O. The van der Waals surface area contributed by atoms with Crippen molar-refractivity contribution in [3.63, 3.8) is 0 Å². The molecule has 196 valence electrons. The second kappa shape index (κ2) is 11.0. The Morgan fingerprint density at radius 2 is 1.22 bits per heavy atom. The quantitative estimate of drug-likeness (QED) is 0.156. The van der Waals surface area contributed by atoms with E-state index in [9.17, 15) is 50.1 Å². The fourth-order valence-corrected chi connectivity index (χ4v) is 3.72. The lowest BCUT2D eigenvalue weighted by molar-refractivity contribution is -0.207. The molecule has 0 heterocycles. The van der Waals surface area contributed by atoms with Crippen LogP contribution in [0.25, 0.3) is 12.2 Å². The number of benzene rings is 2. The van der Waals surface area contributed by atoms with Gasteiger partial charge in [-0.3, -0.25) is 0 Å². The van der Waals surface area contributed by atoms with Crippen molar-refractivity contribution < 1.29 is 59.6 Å². The lowest BCUT2D eigenvalue weighted by Crippen LogP contribution is -2.58. The number of phenolic OH excluding ortho intramolecular Hbond substituents is 4. The first-order chi connectivity index (χ1) is 17.4. The number of aromatic hydroxyl groups is 4. The second-order valence-electron chi connectivity index (χ2n) is 8.33. The Hall–Kier alpha value is -4.55. The van der Waals surface area contributed by atoms with E-state index in [-0.39, 0.29) is 11.5 Å². The largest absolute Gasteiger partial charge is 0.504 e. The standard InChI is InChI=1S/C25H24O12/c26-15-5-1-13(9-17(15)28)3-7-21(32)36-23-19(30)11-25(24(34)35,12-20(23)31)37-22(33)8-4-14-2-6-16(27)18(29)10-14/h1-10,19-20,23,26-31H,11-12H2,(H,34,35)/t19-,20-,23?,25?/m0/s1. The molecule has 0 aliphatic heterocycles. The van der Waals surface area contributed by atoms with Crippen molar-refractivity contribution in [2.45, 2.75) is 36.8 Å². The molecule has 0 bridgehead atoms. The maximum Gasteiger partial charge on any atom is 0.348 e. The minimum absolute atomic E-state index is 0.294. The van der Waals surface area contributed by atoms with Crippen molar-refractivity contribution in [3.05, 3.63) is 59.7 Å². The predicted molar refractivity (Wildman–Crippen MR) is 125 cm³/mol. The fourth-order valence-electron chi connectivity index (χ4n) is 3.72. The average Bonchev–Trinajstić information content (AvgIpc) is 2.83. The van der Waals surface area contributed by atoms with Gasteiger partial charge < -0.3 is 45.2 Å². The summed E-state index contributed by atoms with van der Waals surface area (Å²) in [5, 5.41) is 68.3. The first-order valence-electron chi connectivity index (χ1n) is 10.8. The minimum atomic E-state index is -2.32. The Kier molecular flexibility index (Phi) is 8.05. The highest BCUT2D eigenvalue weighted by Crippen LogP contribution is 2.35. The van der Waals surface area contributed by atoms with E-state index >= 15 is 0 Å². The number of ether oxygens (including phenoxy) is 2. The summed E-state index contributed by atoms with van der Waals surface area (Å²) in [6, 6.07) is 7.48. The van der Waals surface area contributed by atoms with Gasteiger partial charge in [0.2, 0.25) is 5.60 Å². The first kappa shape index (κ1) is 27.0. The van der Waals surface area contributed by atoms with Crippen LogP contribution in [0.2, 0.25) is 0 Å². The summed E-state index contributed by atoms with van der Waals surface area (Å²) < 4.78 is 10.1. The number of aliphatic carboxylic acids is 1. The molecule has 1 saturated carbocycles. The van der Waals surface area contributed by atoms with Crippen LogP contribution in [0, 0.1) is 0 Å². The number of aliphatic hydroxyl groups is 2. The molecule has 2 atom stereocenters. The van der Waals surface area contributed by atoms with Crippen LogP contribution in [0.5, 0.6) is 23.0 Å². The number of carbonyl (C=O) groups excluding carboxylic acids is 2. The molecular formula is C25H24O12. The van der Waals surface area contributed by atoms with Crippen LogP contribution >= 0.6 is 0 Å². The molecule has 1 aliphatic carbocycles. The van der Waals surface area contributed by atoms with Crippen LogP contribution in [0.15, 0.2) is 48.6 Å². The first-order valence-corrected chi connectivity index (χ1v) is 10.8. The number of esters is 2. The zero-order valence-electron chi connectivity index (χ0n) is 19.1. The third-order valence-corrected chi connectivity index (χ3v) is 5.60. The Morgan fingerprint density at radius 3 is 1.65 bits per heavy atom. The van der Waals surface area contributed by atoms with Crippen LogP contribution in [-0.2, 0) is 23.9 Å². The highest BCUT2D eigenvalue weighted by Gasteiger charge is 2.54. The Bertz CT molecular complexity index is 1240. The van der Waals surface area contributed by atoms with Crippen LogP contribution in [0.4, 0.5) is 0 Å². The number of carboxylic acids is 1. The molecule has 0 unspecified atom stereocenters. The molecule has 3 rings (SSSR count). The maximum absolute atomic E-state index is 12.3. The van der Waals surface area contributed by atoms with Gasteiger partial charge in [-0.25, -0.2) is 14.4 Å². The third kappa shape index (κ3) is 6.57. The normalized spacial score (nSPS) is 23.7. The molecule has 0 amide bonds. The van der Waals surface area contributed by atoms with Crippen LogP contribution < -0.4 is 0 Å². The van der Waals surface area contributed by atoms with Crippen LogP contribution in [0.3, 0.4) is 0 Å². The Morgan fingerprint density at radius 1 is 0.757 bits per heavy atom. The fraction of sp³-hybridized carbons (Fsp3) is 0.240. The summed E-state index contributed by atoms with van der Waals surface area (Å²) in [4.78, 5) is 36.4. The highest BCUT2D eigenvalue weighted by atomic mass is 16.6. The smallest absolute Gasteiger partial charge is 0.348 e. The van der Waals surface area contributed by atoms with E-state index in [0.717, 1.165) is 18.2 Å². The van der Waals surface area contributed by atoms with E-state index in [1.165, 1.54) is 42.5 Å². The zero-order chi connectivity index (χ0) is 27.3. The number of phenols is 4. The van der Waals surface area contributed by atoms with Crippen LogP contribution in [-0.4, -0.2) is 77.6 Å². The number of aliphatic hydroxyl groups excluding tert-OH is 2. The van der Waals surface area contributed by atoms with E-state index in [1.807, 2.05) is 0 Å². The lowest BCUT2D eigenvalue weighted by Gasteiger charge is -2.41. The summed E-state index contributed by atoms with van der Waals surface area (Å²) in [5.74, 6) is -5.32. The molecule has 0 aromatic heterocycles. The van der Waals surface area contributed by atoms with Gasteiger partial charge >= 0.3 is 17.9 Å². The van der Waals surface area contributed by atoms with E-state index < -0.39 is 66.2 Å². The second-order valence-corrected chi connectivity index (χ2v) is 8.33. The number of carbonyl (C=O) groups is 3. The minimum Gasteiger partial charge on any atom is -0.504 e. The molecule has 0 radical (unpaired) electrons. The number of hydrogen-bond acceptors (Lipinski definition) is 11. The molecule has 1 aliphatic rings. The van der Waals surface area contributed by atoms with Crippen molar-refractivity contribution in [2.75, 3.05) is 0 Å². The zero-order valence-corrected chi connectivity index (χ0v) is 19.1. The molecule has 7 N–H and O–H groups in total. The van der Waals surface area contributed by atoms with E-state index in [1.54, 1.807) is 0 Å². The summed E-state index contributed by atoms with van der Waals surface area (Å²) >= 11 is 0. The van der Waals surface area contributed by atoms with Crippen molar-refractivity contribution in [2.24, 2.45) is 0 Å². The molecular weight excluding hydrogens is 492 g/mol. The van der Waals surface area contributed by atoms with Gasteiger partial charge in [-0.15, -0.1) is 0 Å². The molecule has 2 aromatic carbocycles. The van der Waals surface area contributed by atoms with Gasteiger partial charge in [0.05, 0.1) is 12.2 Å². The summed E-state index contributed by atoms with van der Waals surface area (Å²) in [5.41, 5.74) is -1.69. The highest BCUT2D eigenvalue weighted by molar-refractivity contribution is 5.91. The lowest BCUT2D eigenvalue weighted by atomic mass is 9.79. The van der Waals surface area contributed by atoms with E-state index in [4.69, 9.17) is 9.47 Å². The average molecular weight is 516 g/mol. The number of carboxylic acid groups (broad SMARTS) is 1. The monoisotopic (exact) mass is 516 g/mol. The molecule has 12 nitrogen and oxygen atoms in total. The van der Waals surface area contributed by atoms with Crippen LogP contribution in [0.1, 0.15) is 24.0 Å². The van der Waals surface area contributed by atoms with Gasteiger partial charge in [0.15, 0.2) is 29.1 Å². The summed E-state index contributed by atoms with van der Waals surface area (Å²) in [7, 11) is 0. The van der Waals surface area contributed by atoms with Gasteiger partial charge in [0.25, 0.3) is 0 Å². The van der Waals surface area contributed by atoms with E-state index in [0.29, 0.717) is 11.1 Å². The topological polar surface area (TPSA) is 211 Å². The Labute approximate surface area is 209 Å². The molecule has 12 heteroatoms. The van der Waals surface area contributed by atoms with Gasteiger partial charge in [-0.1, -0.05) is 12.1 Å². The number of hydrogen-bond donors (Lipinski definition) is 7.